The van der Waals surface area contributed by atoms with Gasteiger partial charge in [0.2, 0.25) is 5.95 Å². The van der Waals surface area contributed by atoms with Gasteiger partial charge in [0.25, 0.3) is 0 Å². The van der Waals surface area contributed by atoms with Crippen molar-refractivity contribution < 1.29 is 5.11 Å². The number of β-amino-alcohol motifs (C(OH)–C–C–N with tert-alkyl or cyclic N) is 1. The van der Waals surface area contributed by atoms with Crippen molar-refractivity contribution >= 4 is 23.1 Å². The van der Waals surface area contributed by atoms with E-state index in [0.717, 1.165) is 50.3 Å². The molecule has 3 heterocycles. The van der Waals surface area contributed by atoms with E-state index in [0.29, 0.717) is 12.5 Å². The van der Waals surface area contributed by atoms with Crippen LogP contribution in [0.1, 0.15) is 34.8 Å². The number of hydrogen-bond acceptors (Lipinski definition) is 7. The van der Waals surface area contributed by atoms with Gasteiger partial charge in [-0.3, -0.25) is 0 Å². The second kappa shape index (κ2) is 7.90. The van der Waals surface area contributed by atoms with E-state index in [1.807, 2.05) is 6.07 Å². The van der Waals surface area contributed by atoms with E-state index in [4.69, 9.17) is 0 Å². The highest BCUT2D eigenvalue weighted by Gasteiger charge is 2.19. The summed E-state index contributed by atoms with van der Waals surface area (Å²) in [7, 11) is 0. The maximum Gasteiger partial charge on any atom is 0.224 e. The molecule has 3 rings (SSSR count). The number of aliphatic hydroxyl groups is 1. The zero-order chi connectivity index (χ0) is 16.9. The molecule has 0 aliphatic carbocycles. The first-order chi connectivity index (χ1) is 11.6. The summed E-state index contributed by atoms with van der Waals surface area (Å²) in [6.45, 7) is 6.59. The summed E-state index contributed by atoms with van der Waals surface area (Å²) >= 11 is 1.78. The number of nitrogens with one attached hydrogen (secondary N) is 1. The molecule has 1 aliphatic rings. The van der Waals surface area contributed by atoms with Crippen LogP contribution in [0, 0.1) is 13.8 Å². The molecule has 1 fully saturated rings. The smallest absolute Gasteiger partial charge is 0.224 e. The largest absolute Gasteiger partial charge is 0.391 e. The number of aryl methyl sites for hydroxylation is 3. The molecular weight excluding hydrogens is 322 g/mol. The van der Waals surface area contributed by atoms with Crippen molar-refractivity contribution in [3.63, 3.8) is 0 Å². The summed E-state index contributed by atoms with van der Waals surface area (Å²) in [6.07, 6.45) is 5.38. The maximum atomic E-state index is 9.81. The van der Waals surface area contributed by atoms with Gasteiger partial charge in [-0.2, -0.15) is 4.98 Å². The average Bonchev–Trinajstić information content (AvgIpc) is 2.90. The SMILES string of the molecule is Cc1nc(CCCNc2nccc(N3CCCC(O)C3)n2)sc1C. The van der Waals surface area contributed by atoms with Crippen LogP contribution in [0.25, 0.3) is 0 Å². The quantitative estimate of drug-likeness (QED) is 0.782. The summed E-state index contributed by atoms with van der Waals surface area (Å²) in [4.78, 5) is 16.9. The van der Waals surface area contributed by atoms with Crippen LogP contribution in [-0.2, 0) is 6.42 Å². The molecule has 6 nitrogen and oxygen atoms in total. The number of nitrogens with zero attached hydrogens (tertiary/aromatic N) is 4. The molecule has 130 valence electrons. The number of piperidine rings is 1. The van der Waals surface area contributed by atoms with E-state index < -0.39 is 0 Å². The topological polar surface area (TPSA) is 74.2 Å². The second-order valence-electron chi connectivity index (χ2n) is 6.26. The lowest BCUT2D eigenvalue weighted by Gasteiger charge is -2.31. The average molecular weight is 347 g/mol. The van der Waals surface area contributed by atoms with E-state index in [1.54, 1.807) is 17.5 Å². The Bertz CT molecular complexity index is 655. The first-order valence-corrected chi connectivity index (χ1v) is 9.36. The highest BCUT2D eigenvalue weighted by Crippen LogP contribution is 2.19. The van der Waals surface area contributed by atoms with Crippen molar-refractivity contribution in [2.24, 2.45) is 0 Å². The molecule has 0 amide bonds. The second-order valence-corrected chi connectivity index (χ2v) is 7.55. The zero-order valence-electron chi connectivity index (χ0n) is 14.3. The molecule has 1 unspecified atom stereocenters. The predicted octanol–water partition coefficient (Wildman–Crippen LogP) is 2.56. The Morgan fingerprint density at radius 2 is 2.25 bits per heavy atom. The first-order valence-electron chi connectivity index (χ1n) is 8.54. The molecule has 1 aliphatic heterocycles. The first kappa shape index (κ1) is 17.1. The third-order valence-electron chi connectivity index (χ3n) is 4.28. The molecule has 2 N–H and O–H groups in total. The molecule has 0 radical (unpaired) electrons. The van der Waals surface area contributed by atoms with Crippen LogP contribution in [0.2, 0.25) is 0 Å². The lowest BCUT2D eigenvalue weighted by Crippen LogP contribution is -2.38. The van der Waals surface area contributed by atoms with Gasteiger partial charge < -0.3 is 15.3 Å². The van der Waals surface area contributed by atoms with E-state index in [1.165, 1.54) is 9.88 Å². The van der Waals surface area contributed by atoms with Gasteiger partial charge in [-0.15, -0.1) is 11.3 Å². The third kappa shape index (κ3) is 4.42. The van der Waals surface area contributed by atoms with E-state index in [-0.39, 0.29) is 6.10 Å². The Balaban J connectivity index is 1.49. The third-order valence-corrected chi connectivity index (χ3v) is 5.42. The van der Waals surface area contributed by atoms with Gasteiger partial charge in [0.05, 0.1) is 16.8 Å². The van der Waals surface area contributed by atoms with Gasteiger partial charge in [0, 0.05) is 37.1 Å². The molecule has 2 aromatic rings. The number of thiazole rings is 1. The van der Waals surface area contributed by atoms with Gasteiger partial charge in [-0.05, 0) is 39.2 Å². The number of aliphatic hydroxyl groups excluding tert-OH is 1. The summed E-state index contributed by atoms with van der Waals surface area (Å²) < 4.78 is 0. The van der Waals surface area contributed by atoms with Crippen LogP contribution in [0.5, 0.6) is 0 Å². The molecule has 7 heteroatoms. The fourth-order valence-electron chi connectivity index (χ4n) is 2.86. The van der Waals surface area contributed by atoms with E-state index in [2.05, 4.69) is 39.0 Å². The number of rotatable bonds is 6. The van der Waals surface area contributed by atoms with Crippen molar-refractivity contribution in [3.8, 4) is 0 Å². The Morgan fingerprint density at radius 3 is 3.00 bits per heavy atom. The molecule has 2 aromatic heterocycles. The van der Waals surface area contributed by atoms with Crippen LogP contribution in [0.15, 0.2) is 12.3 Å². The van der Waals surface area contributed by atoms with Crippen molar-refractivity contribution in [1.29, 1.82) is 0 Å². The molecule has 0 spiro atoms. The van der Waals surface area contributed by atoms with Gasteiger partial charge in [-0.1, -0.05) is 0 Å². The minimum Gasteiger partial charge on any atom is -0.391 e. The maximum absolute atomic E-state index is 9.81. The fourth-order valence-corrected chi connectivity index (χ4v) is 3.83. The molecule has 0 bridgehead atoms. The molecule has 1 atom stereocenters. The number of aromatic nitrogens is 3. The Morgan fingerprint density at radius 1 is 1.38 bits per heavy atom. The van der Waals surface area contributed by atoms with Crippen LogP contribution in [0.3, 0.4) is 0 Å². The van der Waals surface area contributed by atoms with Crippen molar-refractivity contribution in [1.82, 2.24) is 15.0 Å². The Labute approximate surface area is 147 Å². The van der Waals surface area contributed by atoms with Crippen LogP contribution < -0.4 is 10.2 Å². The highest BCUT2D eigenvalue weighted by atomic mass is 32.1. The lowest BCUT2D eigenvalue weighted by atomic mass is 10.1. The molecular formula is C17H25N5OS. The Kier molecular flexibility index (Phi) is 5.63. The molecule has 24 heavy (non-hydrogen) atoms. The lowest BCUT2D eigenvalue weighted by molar-refractivity contribution is 0.154. The van der Waals surface area contributed by atoms with Gasteiger partial charge >= 0.3 is 0 Å². The number of anilines is 2. The molecule has 0 aromatic carbocycles. The minimum atomic E-state index is -0.254. The molecule has 1 saturated heterocycles. The number of hydrogen-bond donors (Lipinski definition) is 2. The minimum absolute atomic E-state index is 0.254. The van der Waals surface area contributed by atoms with Crippen LogP contribution in [-0.4, -0.2) is 45.8 Å². The summed E-state index contributed by atoms with van der Waals surface area (Å²) in [5.74, 6) is 1.54. The van der Waals surface area contributed by atoms with E-state index in [9.17, 15) is 5.11 Å². The van der Waals surface area contributed by atoms with Crippen LogP contribution in [0.4, 0.5) is 11.8 Å². The van der Waals surface area contributed by atoms with Gasteiger partial charge in [-0.25, -0.2) is 9.97 Å². The van der Waals surface area contributed by atoms with Gasteiger partial charge in [0.1, 0.15) is 5.82 Å². The summed E-state index contributed by atoms with van der Waals surface area (Å²) in [6, 6.07) is 1.91. The Hall–Kier alpha value is -1.73. The molecule has 0 saturated carbocycles. The van der Waals surface area contributed by atoms with E-state index >= 15 is 0 Å². The predicted molar refractivity (Wildman–Crippen MR) is 97.9 cm³/mol. The van der Waals surface area contributed by atoms with Crippen LogP contribution >= 0.6 is 11.3 Å². The highest BCUT2D eigenvalue weighted by molar-refractivity contribution is 7.11. The zero-order valence-corrected chi connectivity index (χ0v) is 15.1. The summed E-state index contributed by atoms with van der Waals surface area (Å²) in [5, 5.41) is 14.3. The van der Waals surface area contributed by atoms with Crippen molar-refractivity contribution in [2.75, 3.05) is 29.9 Å². The fraction of sp³-hybridized carbons (Fsp3) is 0.588. The van der Waals surface area contributed by atoms with Crippen molar-refractivity contribution in [2.45, 2.75) is 45.6 Å². The van der Waals surface area contributed by atoms with Gasteiger partial charge in [0.15, 0.2) is 0 Å². The normalized spacial score (nSPS) is 18.0. The monoisotopic (exact) mass is 347 g/mol. The standard InChI is InChI=1S/C17H25N5OS/c1-12-13(2)24-16(20-12)6-3-8-18-17-19-9-7-15(21-17)22-10-4-5-14(23)11-22/h7,9,14,23H,3-6,8,10-11H2,1-2H3,(H,18,19,21). The summed E-state index contributed by atoms with van der Waals surface area (Å²) in [5.41, 5.74) is 1.14. The van der Waals surface area contributed by atoms with Crippen molar-refractivity contribution in [3.05, 3.63) is 27.8 Å².